The van der Waals surface area contributed by atoms with E-state index in [-0.39, 0.29) is 5.41 Å². The molecule has 2 heterocycles. The van der Waals surface area contributed by atoms with Crippen molar-refractivity contribution in [1.82, 2.24) is 9.13 Å². The molecule has 0 unspecified atom stereocenters. The van der Waals surface area contributed by atoms with Crippen molar-refractivity contribution >= 4 is 43.6 Å². The Bertz CT molecular complexity index is 2820. The van der Waals surface area contributed by atoms with Gasteiger partial charge in [0.05, 0.1) is 33.7 Å². The summed E-state index contributed by atoms with van der Waals surface area (Å²) in [5, 5.41) is 15.2. The first-order valence-corrected chi connectivity index (χ1v) is 16.8. The highest BCUT2D eigenvalue weighted by Crippen LogP contribution is 2.53. The molecular weight excluding hydrogens is 595 g/mol. The van der Waals surface area contributed by atoms with Crippen molar-refractivity contribution in [1.29, 1.82) is 5.26 Å². The van der Waals surface area contributed by atoms with E-state index in [9.17, 15) is 5.26 Å². The van der Waals surface area contributed by atoms with Crippen LogP contribution in [0.2, 0.25) is 0 Å². The van der Waals surface area contributed by atoms with E-state index in [4.69, 9.17) is 0 Å². The second kappa shape index (κ2) is 10.1. The molecule has 1 aliphatic carbocycles. The Hall–Kier alpha value is -6.37. The maximum absolute atomic E-state index is 10.2. The molecule has 3 nitrogen and oxygen atoms in total. The summed E-state index contributed by atoms with van der Waals surface area (Å²) in [5.41, 5.74) is 14.7. The van der Waals surface area contributed by atoms with Crippen LogP contribution in [0.25, 0.3) is 77.2 Å². The Balaban J connectivity index is 1.23. The molecule has 0 aliphatic heterocycles. The molecule has 0 radical (unpaired) electrons. The van der Waals surface area contributed by atoms with Crippen LogP contribution in [0.3, 0.4) is 0 Å². The summed E-state index contributed by atoms with van der Waals surface area (Å²) in [6.45, 7) is 4.68. The van der Waals surface area contributed by atoms with Crippen LogP contribution in [0, 0.1) is 11.3 Å². The summed E-state index contributed by atoms with van der Waals surface area (Å²) in [5.74, 6) is 0. The Morgan fingerprint density at radius 1 is 0.490 bits per heavy atom. The molecule has 7 aromatic carbocycles. The Morgan fingerprint density at radius 2 is 1.10 bits per heavy atom. The van der Waals surface area contributed by atoms with E-state index in [0.717, 1.165) is 33.5 Å². The smallest absolute Gasteiger partial charge is 0.0992 e. The summed E-state index contributed by atoms with van der Waals surface area (Å²) in [7, 11) is 0. The molecule has 0 N–H and O–H groups in total. The van der Waals surface area contributed by atoms with Gasteiger partial charge in [-0.15, -0.1) is 0 Å². The van der Waals surface area contributed by atoms with Gasteiger partial charge in [0, 0.05) is 43.9 Å². The molecule has 3 heteroatoms. The molecule has 10 rings (SSSR count). The molecule has 9 aromatic rings. The van der Waals surface area contributed by atoms with Crippen LogP contribution in [-0.2, 0) is 5.41 Å². The molecule has 230 valence electrons. The van der Waals surface area contributed by atoms with Gasteiger partial charge in [0.1, 0.15) is 0 Å². The molecule has 0 amide bonds. The lowest BCUT2D eigenvalue weighted by Crippen LogP contribution is -2.14. The fraction of sp³-hybridized carbons (Fsp3) is 0.0652. The number of aromatic nitrogens is 2. The topological polar surface area (TPSA) is 33.6 Å². The molecule has 0 bridgehead atoms. The predicted molar refractivity (Wildman–Crippen MR) is 203 cm³/mol. The third-order valence-corrected chi connectivity index (χ3v) is 10.7. The number of nitrogens with zero attached hydrogens (tertiary/aromatic N) is 3. The van der Waals surface area contributed by atoms with Gasteiger partial charge in [-0.1, -0.05) is 117 Å². The number of para-hydroxylation sites is 3. The van der Waals surface area contributed by atoms with Crippen molar-refractivity contribution in [2.75, 3.05) is 0 Å². The second-order valence-electron chi connectivity index (χ2n) is 13.7. The molecule has 0 spiro atoms. The zero-order valence-electron chi connectivity index (χ0n) is 27.3. The van der Waals surface area contributed by atoms with Gasteiger partial charge in [-0.3, -0.25) is 0 Å². The van der Waals surface area contributed by atoms with E-state index < -0.39 is 0 Å². The third-order valence-electron chi connectivity index (χ3n) is 10.7. The number of hydrogen-bond donors (Lipinski definition) is 0. The molecule has 0 saturated heterocycles. The number of hydrogen-bond acceptors (Lipinski definition) is 1. The van der Waals surface area contributed by atoms with Gasteiger partial charge in [0.2, 0.25) is 0 Å². The predicted octanol–water partition coefficient (Wildman–Crippen LogP) is 11.7. The van der Waals surface area contributed by atoms with Crippen LogP contribution in [0.15, 0.2) is 152 Å². The largest absolute Gasteiger partial charge is 0.309 e. The number of rotatable bonds is 3. The summed E-state index contributed by atoms with van der Waals surface area (Å²) in [4.78, 5) is 0. The van der Waals surface area contributed by atoms with E-state index in [1.165, 1.54) is 54.8 Å². The summed E-state index contributed by atoms with van der Waals surface area (Å²) in [6.07, 6.45) is 0. The van der Waals surface area contributed by atoms with Gasteiger partial charge in [-0.05, 0) is 76.3 Å². The third kappa shape index (κ3) is 3.83. The standard InChI is InChI=1S/C46H31N3/c1-46(2)39-18-7-3-17-38(39)44-40(46)23-22-37-36-16-6-10-21-43(36)49(45(37)44)32-13-11-12-30(26-32)31-24-29(28-47)25-33(27-31)48-41-19-8-4-14-34(41)35-15-5-9-20-42(35)48/h3-27H,1-2H3. The van der Waals surface area contributed by atoms with E-state index >= 15 is 0 Å². The Morgan fingerprint density at radius 3 is 1.82 bits per heavy atom. The molecule has 0 saturated carbocycles. The number of fused-ring (bicyclic) bond motifs is 10. The van der Waals surface area contributed by atoms with Crippen molar-refractivity contribution in [2.45, 2.75) is 19.3 Å². The highest BCUT2D eigenvalue weighted by molar-refractivity contribution is 6.15. The minimum atomic E-state index is -0.0931. The molecule has 0 atom stereocenters. The average molecular weight is 626 g/mol. The first-order chi connectivity index (χ1) is 24.0. The zero-order chi connectivity index (χ0) is 32.9. The van der Waals surface area contributed by atoms with E-state index in [0.29, 0.717) is 5.56 Å². The molecule has 49 heavy (non-hydrogen) atoms. The number of nitriles is 1. The maximum atomic E-state index is 10.2. The second-order valence-corrected chi connectivity index (χ2v) is 13.7. The van der Waals surface area contributed by atoms with Crippen molar-refractivity contribution in [3.8, 4) is 39.7 Å². The van der Waals surface area contributed by atoms with Crippen LogP contribution in [0.5, 0.6) is 0 Å². The lowest BCUT2D eigenvalue weighted by atomic mass is 9.82. The Kier molecular flexibility index (Phi) is 5.69. The van der Waals surface area contributed by atoms with Crippen molar-refractivity contribution in [2.24, 2.45) is 0 Å². The minimum absolute atomic E-state index is 0.0931. The normalized spacial score (nSPS) is 13.2. The highest BCUT2D eigenvalue weighted by Gasteiger charge is 2.37. The first-order valence-electron chi connectivity index (χ1n) is 16.8. The molecule has 1 aliphatic rings. The SMILES string of the molecule is CC1(C)c2ccccc2-c2c1ccc1c3ccccc3n(-c3cccc(-c4cc(C#N)cc(-n5c6ccccc6c6ccccc65)c4)c3)c21. The monoisotopic (exact) mass is 625 g/mol. The Labute approximate surface area is 284 Å². The molecule has 0 fully saturated rings. The van der Waals surface area contributed by atoms with E-state index in [1.807, 2.05) is 12.1 Å². The minimum Gasteiger partial charge on any atom is -0.309 e. The quantitative estimate of drug-likeness (QED) is 0.192. The summed E-state index contributed by atoms with van der Waals surface area (Å²) in [6, 6.07) is 56.8. The fourth-order valence-electron chi connectivity index (χ4n) is 8.51. The number of benzene rings is 7. The van der Waals surface area contributed by atoms with E-state index in [2.05, 4.69) is 169 Å². The molecule has 2 aromatic heterocycles. The van der Waals surface area contributed by atoms with Crippen LogP contribution in [0.4, 0.5) is 0 Å². The average Bonchev–Trinajstić information content (AvgIpc) is 3.75. The van der Waals surface area contributed by atoms with Gasteiger partial charge < -0.3 is 9.13 Å². The van der Waals surface area contributed by atoms with Gasteiger partial charge in [-0.2, -0.15) is 5.26 Å². The van der Waals surface area contributed by atoms with Gasteiger partial charge in [-0.25, -0.2) is 0 Å². The van der Waals surface area contributed by atoms with Crippen LogP contribution in [0.1, 0.15) is 30.5 Å². The van der Waals surface area contributed by atoms with E-state index in [1.54, 1.807) is 0 Å². The zero-order valence-corrected chi connectivity index (χ0v) is 27.3. The van der Waals surface area contributed by atoms with Crippen LogP contribution < -0.4 is 0 Å². The lowest BCUT2D eigenvalue weighted by molar-refractivity contribution is 0.661. The van der Waals surface area contributed by atoms with Crippen LogP contribution >= 0.6 is 0 Å². The fourth-order valence-corrected chi connectivity index (χ4v) is 8.51. The summed E-state index contributed by atoms with van der Waals surface area (Å²) >= 11 is 0. The highest BCUT2D eigenvalue weighted by atomic mass is 15.0. The van der Waals surface area contributed by atoms with Gasteiger partial charge in [0.25, 0.3) is 0 Å². The van der Waals surface area contributed by atoms with Crippen molar-refractivity contribution in [3.63, 3.8) is 0 Å². The van der Waals surface area contributed by atoms with Crippen LogP contribution in [-0.4, -0.2) is 9.13 Å². The van der Waals surface area contributed by atoms with Crippen molar-refractivity contribution < 1.29 is 0 Å². The molecular formula is C46H31N3. The van der Waals surface area contributed by atoms with Gasteiger partial charge >= 0.3 is 0 Å². The first kappa shape index (κ1) is 27.7. The summed E-state index contributed by atoms with van der Waals surface area (Å²) < 4.78 is 4.74. The van der Waals surface area contributed by atoms with Crippen molar-refractivity contribution in [3.05, 3.63) is 168 Å². The van der Waals surface area contributed by atoms with Gasteiger partial charge in [0.15, 0.2) is 0 Å². The lowest BCUT2D eigenvalue weighted by Gasteiger charge is -2.21. The maximum Gasteiger partial charge on any atom is 0.0992 e.